The molecule has 20 heavy (non-hydrogen) atoms. The van der Waals surface area contributed by atoms with Gasteiger partial charge in [0.15, 0.2) is 0 Å². The molecule has 0 unspecified atom stereocenters. The Labute approximate surface area is 120 Å². The van der Waals surface area contributed by atoms with Crippen LogP contribution in [0.15, 0.2) is 36.4 Å². The molecule has 0 aromatic heterocycles. The molecule has 1 aliphatic rings. The maximum atomic E-state index is 11.2. The van der Waals surface area contributed by atoms with Crippen molar-refractivity contribution in [3.8, 4) is 0 Å². The van der Waals surface area contributed by atoms with Crippen LogP contribution in [-0.4, -0.2) is 62.1 Å². The SMILES string of the molecule is COC(=O)CN1CCN(CC=Cc2ccccc2)CC1. The minimum atomic E-state index is -0.151. The number of rotatable bonds is 5. The average Bonchev–Trinajstić information content (AvgIpc) is 2.50. The van der Waals surface area contributed by atoms with Gasteiger partial charge >= 0.3 is 5.97 Å². The Balaban J connectivity index is 1.69. The first-order chi connectivity index (χ1) is 9.78. The zero-order valence-electron chi connectivity index (χ0n) is 12.0. The number of esters is 1. The third-order valence-corrected chi connectivity index (χ3v) is 3.52. The molecular weight excluding hydrogens is 252 g/mol. The molecule has 0 atom stereocenters. The fourth-order valence-electron chi connectivity index (χ4n) is 2.28. The highest BCUT2D eigenvalue weighted by atomic mass is 16.5. The van der Waals surface area contributed by atoms with Crippen LogP contribution in [0.3, 0.4) is 0 Å². The van der Waals surface area contributed by atoms with Crippen molar-refractivity contribution in [1.82, 2.24) is 9.80 Å². The third-order valence-electron chi connectivity index (χ3n) is 3.52. The molecular formula is C16H22N2O2. The summed E-state index contributed by atoms with van der Waals surface area (Å²) in [7, 11) is 1.44. The summed E-state index contributed by atoms with van der Waals surface area (Å²) in [6.45, 7) is 5.21. The van der Waals surface area contributed by atoms with Gasteiger partial charge in [-0.1, -0.05) is 42.5 Å². The topological polar surface area (TPSA) is 32.8 Å². The number of benzene rings is 1. The summed E-state index contributed by atoms with van der Waals surface area (Å²) in [6.07, 6.45) is 4.35. The van der Waals surface area contributed by atoms with Crippen LogP contribution in [-0.2, 0) is 9.53 Å². The third kappa shape index (κ3) is 4.79. The first-order valence-electron chi connectivity index (χ1n) is 7.01. The number of hydrogen-bond acceptors (Lipinski definition) is 4. The van der Waals surface area contributed by atoms with Gasteiger partial charge in [0.1, 0.15) is 0 Å². The normalized spacial score (nSPS) is 17.4. The molecule has 0 radical (unpaired) electrons. The van der Waals surface area contributed by atoms with Gasteiger partial charge in [0.2, 0.25) is 0 Å². The van der Waals surface area contributed by atoms with E-state index >= 15 is 0 Å². The average molecular weight is 274 g/mol. The monoisotopic (exact) mass is 274 g/mol. The molecule has 0 N–H and O–H groups in total. The van der Waals surface area contributed by atoms with Gasteiger partial charge < -0.3 is 4.74 Å². The predicted octanol–water partition coefficient (Wildman–Crippen LogP) is 1.49. The molecule has 1 aliphatic heterocycles. The van der Waals surface area contributed by atoms with Crippen molar-refractivity contribution < 1.29 is 9.53 Å². The summed E-state index contributed by atoms with van der Waals surface area (Å²) in [5.74, 6) is -0.151. The number of piperazine rings is 1. The molecule has 1 saturated heterocycles. The Kier molecular flexibility index (Phi) is 5.77. The standard InChI is InChI=1S/C16H22N2O2/c1-20-16(19)14-18-12-10-17(11-13-18)9-5-8-15-6-3-2-4-7-15/h2-8H,9-14H2,1H3. The summed E-state index contributed by atoms with van der Waals surface area (Å²) in [5, 5.41) is 0. The summed E-state index contributed by atoms with van der Waals surface area (Å²) < 4.78 is 4.69. The van der Waals surface area contributed by atoms with Gasteiger partial charge in [-0.05, 0) is 5.56 Å². The number of ether oxygens (including phenoxy) is 1. The van der Waals surface area contributed by atoms with Crippen molar-refractivity contribution in [2.24, 2.45) is 0 Å². The second-order valence-corrected chi connectivity index (χ2v) is 4.97. The molecule has 2 rings (SSSR count). The van der Waals surface area contributed by atoms with Gasteiger partial charge in [0.05, 0.1) is 13.7 Å². The van der Waals surface area contributed by atoms with E-state index < -0.39 is 0 Å². The summed E-state index contributed by atoms with van der Waals surface area (Å²) in [5.41, 5.74) is 1.23. The molecule has 0 aliphatic carbocycles. The van der Waals surface area contributed by atoms with Crippen LogP contribution in [0.25, 0.3) is 6.08 Å². The van der Waals surface area contributed by atoms with Gasteiger partial charge in [-0.25, -0.2) is 0 Å². The van der Waals surface area contributed by atoms with Crippen molar-refractivity contribution >= 4 is 12.0 Å². The minimum Gasteiger partial charge on any atom is -0.468 e. The lowest BCUT2D eigenvalue weighted by Crippen LogP contribution is -2.47. The summed E-state index contributed by atoms with van der Waals surface area (Å²) in [4.78, 5) is 15.7. The smallest absolute Gasteiger partial charge is 0.319 e. The lowest BCUT2D eigenvalue weighted by Gasteiger charge is -2.33. The molecule has 0 bridgehead atoms. The lowest BCUT2D eigenvalue weighted by molar-refractivity contribution is -0.142. The second kappa shape index (κ2) is 7.82. The Bertz CT molecular complexity index is 437. The van der Waals surface area contributed by atoms with Crippen LogP contribution in [0.4, 0.5) is 0 Å². The molecule has 0 amide bonds. The first kappa shape index (κ1) is 14.8. The molecule has 108 valence electrons. The fraction of sp³-hybridized carbons (Fsp3) is 0.438. The van der Waals surface area contributed by atoms with E-state index in [1.807, 2.05) is 18.2 Å². The first-order valence-corrected chi connectivity index (χ1v) is 7.01. The Morgan fingerprint density at radius 3 is 2.45 bits per heavy atom. The van der Waals surface area contributed by atoms with Gasteiger partial charge in [0.25, 0.3) is 0 Å². The molecule has 1 aromatic rings. The van der Waals surface area contributed by atoms with Crippen LogP contribution < -0.4 is 0 Å². The highest BCUT2D eigenvalue weighted by molar-refractivity contribution is 5.71. The second-order valence-electron chi connectivity index (χ2n) is 4.97. The number of carbonyl (C=O) groups is 1. The number of nitrogens with zero attached hydrogens (tertiary/aromatic N) is 2. The summed E-state index contributed by atoms with van der Waals surface area (Å²) >= 11 is 0. The fourth-order valence-corrected chi connectivity index (χ4v) is 2.28. The molecule has 1 heterocycles. The highest BCUT2D eigenvalue weighted by Gasteiger charge is 2.17. The molecule has 4 heteroatoms. The van der Waals surface area contributed by atoms with Crippen molar-refractivity contribution in [1.29, 1.82) is 0 Å². The molecule has 1 aromatic carbocycles. The van der Waals surface area contributed by atoms with Crippen molar-refractivity contribution in [2.75, 3.05) is 46.4 Å². The molecule has 1 fully saturated rings. The highest BCUT2D eigenvalue weighted by Crippen LogP contribution is 2.04. The zero-order valence-corrected chi connectivity index (χ0v) is 12.0. The largest absolute Gasteiger partial charge is 0.468 e. The van der Waals surface area contributed by atoms with Crippen LogP contribution in [0.1, 0.15) is 5.56 Å². The van der Waals surface area contributed by atoms with Gasteiger partial charge in [0, 0.05) is 32.7 Å². The van der Waals surface area contributed by atoms with E-state index in [1.165, 1.54) is 12.7 Å². The van der Waals surface area contributed by atoms with E-state index in [4.69, 9.17) is 0 Å². The van der Waals surface area contributed by atoms with Crippen molar-refractivity contribution in [3.63, 3.8) is 0 Å². The van der Waals surface area contributed by atoms with E-state index in [9.17, 15) is 4.79 Å². The van der Waals surface area contributed by atoms with Crippen molar-refractivity contribution in [2.45, 2.75) is 0 Å². The Morgan fingerprint density at radius 1 is 1.15 bits per heavy atom. The number of methoxy groups -OCH3 is 1. The predicted molar refractivity (Wildman–Crippen MR) is 80.4 cm³/mol. The van der Waals surface area contributed by atoms with Crippen LogP contribution in [0.5, 0.6) is 0 Å². The van der Waals surface area contributed by atoms with Crippen LogP contribution in [0.2, 0.25) is 0 Å². The number of carbonyl (C=O) groups excluding carboxylic acids is 1. The van der Waals surface area contributed by atoms with E-state index in [0.717, 1.165) is 32.7 Å². The van der Waals surface area contributed by atoms with E-state index in [0.29, 0.717) is 6.54 Å². The molecule has 0 saturated carbocycles. The maximum Gasteiger partial charge on any atom is 0.319 e. The van der Waals surface area contributed by atoms with Gasteiger partial charge in [-0.15, -0.1) is 0 Å². The van der Waals surface area contributed by atoms with Crippen LogP contribution in [0, 0.1) is 0 Å². The van der Waals surface area contributed by atoms with E-state index in [1.54, 1.807) is 0 Å². The summed E-state index contributed by atoms with van der Waals surface area (Å²) in [6, 6.07) is 10.3. The molecule has 4 nitrogen and oxygen atoms in total. The molecule has 0 spiro atoms. The van der Waals surface area contributed by atoms with E-state index in [2.05, 4.69) is 38.8 Å². The Morgan fingerprint density at radius 2 is 1.80 bits per heavy atom. The Hall–Kier alpha value is -1.65. The maximum absolute atomic E-state index is 11.2. The van der Waals surface area contributed by atoms with Crippen LogP contribution >= 0.6 is 0 Å². The zero-order chi connectivity index (χ0) is 14.2. The minimum absolute atomic E-state index is 0.151. The van der Waals surface area contributed by atoms with E-state index in [-0.39, 0.29) is 5.97 Å². The number of hydrogen-bond donors (Lipinski definition) is 0. The lowest BCUT2D eigenvalue weighted by atomic mass is 10.2. The van der Waals surface area contributed by atoms with Gasteiger partial charge in [-0.3, -0.25) is 14.6 Å². The van der Waals surface area contributed by atoms with Gasteiger partial charge in [-0.2, -0.15) is 0 Å². The van der Waals surface area contributed by atoms with Crippen molar-refractivity contribution in [3.05, 3.63) is 42.0 Å². The quantitative estimate of drug-likeness (QED) is 0.762.